The fraction of sp³-hybridized carbons (Fsp3) is 0.625. The van der Waals surface area contributed by atoms with Gasteiger partial charge in [0.15, 0.2) is 0 Å². The number of aliphatic hydroxyl groups excluding tert-OH is 1. The molecule has 3 atom stereocenters. The first-order chi connectivity index (χ1) is 8.65. The Labute approximate surface area is 109 Å². The zero-order chi connectivity index (χ0) is 12.8. The molecule has 0 aliphatic heterocycles. The summed E-state index contributed by atoms with van der Waals surface area (Å²) in [5.74, 6) is 1.39. The Balaban J connectivity index is 2.07. The second kappa shape index (κ2) is 4.27. The molecule has 1 fully saturated rings. The number of phenolic OH excluding ortho intramolecular Hbond substituents is 1. The van der Waals surface area contributed by atoms with Gasteiger partial charge in [0.25, 0.3) is 0 Å². The maximum Gasteiger partial charge on any atom is 0.115 e. The molecule has 18 heavy (non-hydrogen) atoms. The third-order valence-electron chi connectivity index (χ3n) is 5.33. The summed E-state index contributed by atoms with van der Waals surface area (Å²) in [6.45, 7) is 2.64. The number of aromatic hydroxyl groups is 1. The van der Waals surface area contributed by atoms with Gasteiger partial charge in [-0.1, -0.05) is 19.4 Å². The Hall–Kier alpha value is -1.02. The number of hydrogen-bond donors (Lipinski definition) is 2. The van der Waals surface area contributed by atoms with Crippen molar-refractivity contribution >= 4 is 0 Å². The van der Waals surface area contributed by atoms with Crippen molar-refractivity contribution in [2.24, 2.45) is 11.8 Å². The van der Waals surface area contributed by atoms with Gasteiger partial charge in [0.1, 0.15) is 5.75 Å². The van der Waals surface area contributed by atoms with Gasteiger partial charge in [-0.2, -0.15) is 0 Å². The topological polar surface area (TPSA) is 40.5 Å². The van der Waals surface area contributed by atoms with Crippen molar-refractivity contribution in [3.05, 3.63) is 29.3 Å². The summed E-state index contributed by atoms with van der Waals surface area (Å²) in [7, 11) is 0. The smallest absolute Gasteiger partial charge is 0.115 e. The fourth-order valence-electron chi connectivity index (χ4n) is 4.37. The molecule has 0 heterocycles. The third-order valence-corrected chi connectivity index (χ3v) is 5.33. The summed E-state index contributed by atoms with van der Waals surface area (Å²) in [5.41, 5.74) is 2.87. The van der Waals surface area contributed by atoms with Gasteiger partial charge in [0.2, 0.25) is 0 Å². The van der Waals surface area contributed by atoms with Gasteiger partial charge < -0.3 is 10.2 Å². The zero-order valence-electron chi connectivity index (χ0n) is 11.0. The van der Waals surface area contributed by atoms with Crippen LogP contribution in [0.1, 0.15) is 43.7 Å². The lowest BCUT2D eigenvalue weighted by Gasteiger charge is -2.50. The van der Waals surface area contributed by atoms with E-state index in [9.17, 15) is 10.2 Å². The molecule has 0 aromatic heterocycles. The first-order valence-electron chi connectivity index (χ1n) is 7.08. The van der Waals surface area contributed by atoms with Crippen LogP contribution in [0.2, 0.25) is 0 Å². The second-order valence-corrected chi connectivity index (χ2v) is 6.24. The van der Waals surface area contributed by atoms with Crippen molar-refractivity contribution < 1.29 is 10.2 Å². The van der Waals surface area contributed by atoms with Crippen molar-refractivity contribution in [2.75, 3.05) is 6.61 Å². The van der Waals surface area contributed by atoms with Crippen LogP contribution < -0.4 is 0 Å². The van der Waals surface area contributed by atoms with E-state index >= 15 is 0 Å². The first-order valence-corrected chi connectivity index (χ1v) is 7.08. The summed E-state index contributed by atoms with van der Waals surface area (Å²) in [5, 5.41) is 19.4. The number of benzene rings is 1. The van der Waals surface area contributed by atoms with E-state index in [2.05, 4.69) is 13.0 Å². The highest BCUT2D eigenvalue weighted by molar-refractivity contribution is 5.42. The summed E-state index contributed by atoms with van der Waals surface area (Å²) >= 11 is 0. The zero-order valence-corrected chi connectivity index (χ0v) is 11.0. The maximum atomic E-state index is 9.77. The van der Waals surface area contributed by atoms with Crippen LogP contribution in [-0.4, -0.2) is 16.8 Å². The van der Waals surface area contributed by atoms with E-state index in [1.807, 2.05) is 6.07 Å². The molecule has 2 N–H and O–H groups in total. The predicted octanol–water partition coefficient (Wildman–Crippen LogP) is 3.00. The minimum absolute atomic E-state index is 0.151. The van der Waals surface area contributed by atoms with Gasteiger partial charge in [-0.25, -0.2) is 0 Å². The molecule has 2 aliphatic rings. The molecule has 2 nitrogen and oxygen atoms in total. The molecule has 2 heteroatoms. The molecule has 1 saturated carbocycles. The fourth-order valence-corrected chi connectivity index (χ4v) is 4.37. The standard InChI is InChI=1S/C16H22O2/c1-16-8-2-3-12(10-17)14(16)7-5-11-4-6-13(18)9-15(11)16/h4,6,9,12,14,17-18H,2-3,5,7-8,10H2,1H3/t12-,14?,16+/m1/s1. The summed E-state index contributed by atoms with van der Waals surface area (Å²) in [4.78, 5) is 0. The van der Waals surface area contributed by atoms with Crippen LogP contribution in [0.3, 0.4) is 0 Å². The lowest BCUT2D eigenvalue weighted by atomic mass is 9.55. The molecular formula is C16H22O2. The van der Waals surface area contributed by atoms with E-state index in [0.717, 1.165) is 12.8 Å². The van der Waals surface area contributed by atoms with Gasteiger partial charge in [0, 0.05) is 6.61 Å². The molecule has 2 aliphatic carbocycles. The van der Waals surface area contributed by atoms with Gasteiger partial charge in [0.05, 0.1) is 0 Å². The number of rotatable bonds is 1. The Kier molecular flexibility index (Phi) is 2.86. The molecule has 0 bridgehead atoms. The molecular weight excluding hydrogens is 224 g/mol. The van der Waals surface area contributed by atoms with Crippen LogP contribution >= 0.6 is 0 Å². The molecule has 1 unspecified atom stereocenters. The summed E-state index contributed by atoms with van der Waals surface area (Å²) in [6.07, 6.45) is 5.80. The molecule has 1 aromatic rings. The van der Waals surface area contributed by atoms with Crippen LogP contribution in [0.5, 0.6) is 5.75 Å². The average Bonchev–Trinajstić information content (AvgIpc) is 2.38. The summed E-state index contributed by atoms with van der Waals surface area (Å²) < 4.78 is 0. The highest BCUT2D eigenvalue weighted by atomic mass is 16.3. The van der Waals surface area contributed by atoms with Crippen molar-refractivity contribution in [2.45, 2.75) is 44.4 Å². The Morgan fingerprint density at radius 2 is 2.17 bits per heavy atom. The van der Waals surface area contributed by atoms with Gasteiger partial charge in [-0.3, -0.25) is 0 Å². The third kappa shape index (κ3) is 1.66. The minimum Gasteiger partial charge on any atom is -0.508 e. The number of phenols is 1. The predicted molar refractivity (Wildman–Crippen MR) is 71.7 cm³/mol. The molecule has 3 rings (SSSR count). The Morgan fingerprint density at radius 3 is 2.94 bits per heavy atom. The highest BCUT2D eigenvalue weighted by Crippen LogP contribution is 2.52. The molecule has 1 aromatic carbocycles. The van der Waals surface area contributed by atoms with E-state index in [-0.39, 0.29) is 5.41 Å². The average molecular weight is 246 g/mol. The van der Waals surface area contributed by atoms with E-state index < -0.39 is 0 Å². The van der Waals surface area contributed by atoms with E-state index in [4.69, 9.17) is 0 Å². The maximum absolute atomic E-state index is 9.77. The van der Waals surface area contributed by atoms with Gasteiger partial charge >= 0.3 is 0 Å². The minimum atomic E-state index is 0.151. The molecule has 0 radical (unpaired) electrons. The van der Waals surface area contributed by atoms with Crippen molar-refractivity contribution in [1.82, 2.24) is 0 Å². The number of fused-ring (bicyclic) bond motifs is 3. The summed E-state index contributed by atoms with van der Waals surface area (Å²) in [6, 6.07) is 5.84. The SMILES string of the molecule is C[C@]12CCC[C@H](CO)C1CCc1ccc(O)cc12. The molecule has 0 saturated heterocycles. The quantitative estimate of drug-likeness (QED) is 0.799. The van der Waals surface area contributed by atoms with Crippen LogP contribution in [-0.2, 0) is 11.8 Å². The van der Waals surface area contributed by atoms with Gasteiger partial charge in [-0.05, 0) is 66.2 Å². The van der Waals surface area contributed by atoms with Crippen molar-refractivity contribution in [3.8, 4) is 5.75 Å². The Morgan fingerprint density at radius 1 is 1.33 bits per heavy atom. The Bertz CT molecular complexity index is 454. The largest absolute Gasteiger partial charge is 0.508 e. The molecule has 0 amide bonds. The molecule has 0 spiro atoms. The number of hydrogen-bond acceptors (Lipinski definition) is 2. The van der Waals surface area contributed by atoms with Gasteiger partial charge in [-0.15, -0.1) is 0 Å². The lowest BCUT2D eigenvalue weighted by Crippen LogP contribution is -2.45. The highest BCUT2D eigenvalue weighted by Gasteiger charge is 2.45. The monoisotopic (exact) mass is 246 g/mol. The number of aryl methyl sites for hydroxylation is 1. The number of aliphatic hydroxyl groups is 1. The first kappa shape index (κ1) is 12.0. The normalized spacial score (nSPS) is 34.8. The van der Waals surface area contributed by atoms with Crippen LogP contribution in [0.15, 0.2) is 18.2 Å². The van der Waals surface area contributed by atoms with E-state index in [1.54, 1.807) is 6.07 Å². The van der Waals surface area contributed by atoms with Crippen LogP contribution in [0, 0.1) is 11.8 Å². The van der Waals surface area contributed by atoms with Crippen LogP contribution in [0.25, 0.3) is 0 Å². The molecule has 98 valence electrons. The van der Waals surface area contributed by atoms with Crippen LogP contribution in [0.4, 0.5) is 0 Å². The lowest BCUT2D eigenvalue weighted by molar-refractivity contribution is 0.0607. The van der Waals surface area contributed by atoms with Crippen molar-refractivity contribution in [3.63, 3.8) is 0 Å². The second-order valence-electron chi connectivity index (χ2n) is 6.24. The van der Waals surface area contributed by atoms with E-state index in [0.29, 0.717) is 24.2 Å². The van der Waals surface area contributed by atoms with Crippen molar-refractivity contribution in [1.29, 1.82) is 0 Å². The van der Waals surface area contributed by atoms with E-state index in [1.165, 1.54) is 30.4 Å².